The molecule has 0 N–H and O–H groups in total. The third kappa shape index (κ3) is 4.20. The van der Waals surface area contributed by atoms with Gasteiger partial charge >= 0.3 is 0 Å². The standard InChI is InChI=1S/C16H13Cl2NO3/c1-20-16-8-11(10-19)2-4-15(16)22-7-6-21-14-5-3-12(17)9-13(14)18/h2-5,8-9H,6-7H2,1H3. The molecule has 0 aliphatic carbocycles. The van der Waals surface area contributed by atoms with Gasteiger partial charge in [0.25, 0.3) is 0 Å². The molecule has 0 atom stereocenters. The van der Waals surface area contributed by atoms with Crippen LogP contribution in [0.1, 0.15) is 5.56 Å². The zero-order valence-electron chi connectivity index (χ0n) is 11.8. The molecule has 0 heterocycles. The van der Waals surface area contributed by atoms with Crippen molar-refractivity contribution in [3.8, 4) is 23.3 Å². The van der Waals surface area contributed by atoms with Gasteiger partial charge in [0.15, 0.2) is 11.5 Å². The number of hydrogen-bond donors (Lipinski definition) is 0. The number of hydrogen-bond acceptors (Lipinski definition) is 4. The summed E-state index contributed by atoms with van der Waals surface area (Å²) < 4.78 is 16.3. The van der Waals surface area contributed by atoms with Crippen molar-refractivity contribution >= 4 is 23.2 Å². The van der Waals surface area contributed by atoms with E-state index >= 15 is 0 Å². The van der Waals surface area contributed by atoms with Gasteiger partial charge in [-0.05, 0) is 30.3 Å². The van der Waals surface area contributed by atoms with Crippen molar-refractivity contribution in [1.82, 2.24) is 0 Å². The Hall–Kier alpha value is -2.09. The van der Waals surface area contributed by atoms with E-state index < -0.39 is 0 Å². The summed E-state index contributed by atoms with van der Waals surface area (Å²) >= 11 is 11.8. The van der Waals surface area contributed by atoms with E-state index in [0.29, 0.717) is 46.1 Å². The van der Waals surface area contributed by atoms with E-state index in [1.54, 1.807) is 36.4 Å². The van der Waals surface area contributed by atoms with Crippen molar-refractivity contribution in [2.75, 3.05) is 20.3 Å². The first kappa shape index (κ1) is 16.3. The molecule has 0 bridgehead atoms. The van der Waals surface area contributed by atoms with E-state index in [1.807, 2.05) is 6.07 Å². The fourth-order valence-electron chi connectivity index (χ4n) is 1.75. The van der Waals surface area contributed by atoms with E-state index in [9.17, 15) is 0 Å². The number of methoxy groups -OCH3 is 1. The number of ether oxygens (including phenoxy) is 3. The molecule has 0 aromatic heterocycles. The Kier molecular flexibility index (Phi) is 5.76. The highest BCUT2D eigenvalue weighted by molar-refractivity contribution is 6.35. The van der Waals surface area contributed by atoms with Crippen LogP contribution < -0.4 is 14.2 Å². The maximum absolute atomic E-state index is 8.85. The molecule has 0 radical (unpaired) electrons. The van der Waals surface area contributed by atoms with Gasteiger partial charge in [0, 0.05) is 11.1 Å². The van der Waals surface area contributed by atoms with Crippen LogP contribution in [0.4, 0.5) is 0 Å². The lowest BCUT2D eigenvalue weighted by atomic mass is 10.2. The van der Waals surface area contributed by atoms with Crippen LogP contribution in [0.15, 0.2) is 36.4 Å². The van der Waals surface area contributed by atoms with Gasteiger partial charge in [-0.3, -0.25) is 0 Å². The van der Waals surface area contributed by atoms with Crippen LogP contribution in [0.3, 0.4) is 0 Å². The third-order valence-corrected chi connectivity index (χ3v) is 3.32. The first-order valence-electron chi connectivity index (χ1n) is 6.43. The maximum Gasteiger partial charge on any atom is 0.162 e. The predicted octanol–water partition coefficient (Wildman–Crippen LogP) is 4.33. The summed E-state index contributed by atoms with van der Waals surface area (Å²) in [5, 5.41) is 9.85. The molecule has 2 rings (SSSR count). The van der Waals surface area contributed by atoms with Gasteiger partial charge in [-0.2, -0.15) is 5.26 Å². The minimum atomic E-state index is 0.307. The normalized spacial score (nSPS) is 9.91. The second kappa shape index (κ2) is 7.79. The largest absolute Gasteiger partial charge is 0.493 e. The second-order valence-corrected chi connectivity index (χ2v) is 5.09. The fourth-order valence-corrected chi connectivity index (χ4v) is 2.21. The molecule has 2 aromatic carbocycles. The molecule has 0 unspecified atom stereocenters. The maximum atomic E-state index is 8.85. The Morgan fingerprint density at radius 3 is 2.27 bits per heavy atom. The highest BCUT2D eigenvalue weighted by atomic mass is 35.5. The predicted molar refractivity (Wildman–Crippen MR) is 85.2 cm³/mol. The average molecular weight is 338 g/mol. The van der Waals surface area contributed by atoms with E-state index in [2.05, 4.69) is 0 Å². The summed E-state index contributed by atoms with van der Waals surface area (Å²) in [7, 11) is 1.52. The number of benzene rings is 2. The third-order valence-electron chi connectivity index (χ3n) is 2.79. The van der Waals surface area contributed by atoms with Gasteiger partial charge in [0.2, 0.25) is 0 Å². The number of nitrogens with zero attached hydrogens (tertiary/aromatic N) is 1. The van der Waals surface area contributed by atoms with E-state index in [1.165, 1.54) is 7.11 Å². The number of nitriles is 1. The molecule has 0 aliphatic heterocycles. The zero-order valence-corrected chi connectivity index (χ0v) is 13.3. The van der Waals surface area contributed by atoms with E-state index in [-0.39, 0.29) is 0 Å². The summed E-state index contributed by atoms with van der Waals surface area (Å²) in [4.78, 5) is 0. The molecule has 4 nitrogen and oxygen atoms in total. The van der Waals surface area contributed by atoms with Crippen LogP contribution in [-0.2, 0) is 0 Å². The van der Waals surface area contributed by atoms with Crippen molar-refractivity contribution in [1.29, 1.82) is 5.26 Å². The van der Waals surface area contributed by atoms with Gasteiger partial charge in [0.1, 0.15) is 19.0 Å². The van der Waals surface area contributed by atoms with Gasteiger partial charge in [-0.25, -0.2) is 0 Å². The molecule has 6 heteroatoms. The second-order valence-electron chi connectivity index (χ2n) is 4.25. The van der Waals surface area contributed by atoms with Crippen molar-refractivity contribution < 1.29 is 14.2 Å². The van der Waals surface area contributed by atoms with Crippen LogP contribution in [0.25, 0.3) is 0 Å². The van der Waals surface area contributed by atoms with Gasteiger partial charge in [0.05, 0.1) is 23.8 Å². The molecule has 0 saturated carbocycles. The summed E-state index contributed by atoms with van der Waals surface area (Å²) in [6.07, 6.45) is 0. The van der Waals surface area contributed by atoms with Gasteiger partial charge in [-0.1, -0.05) is 23.2 Å². The molecule has 114 valence electrons. The smallest absolute Gasteiger partial charge is 0.162 e. The van der Waals surface area contributed by atoms with Crippen LogP contribution in [-0.4, -0.2) is 20.3 Å². The molecule has 2 aromatic rings. The Morgan fingerprint density at radius 2 is 1.64 bits per heavy atom. The summed E-state index contributed by atoms with van der Waals surface area (Å²) in [6.45, 7) is 0.617. The van der Waals surface area contributed by atoms with Crippen molar-refractivity contribution in [2.45, 2.75) is 0 Å². The lowest BCUT2D eigenvalue weighted by Gasteiger charge is -2.12. The molecule has 0 spiro atoms. The SMILES string of the molecule is COc1cc(C#N)ccc1OCCOc1ccc(Cl)cc1Cl. The van der Waals surface area contributed by atoms with Gasteiger partial charge < -0.3 is 14.2 Å². The van der Waals surface area contributed by atoms with Crippen LogP contribution in [0.5, 0.6) is 17.2 Å². The van der Waals surface area contributed by atoms with Crippen LogP contribution in [0, 0.1) is 11.3 Å². The van der Waals surface area contributed by atoms with Crippen molar-refractivity contribution in [3.05, 3.63) is 52.0 Å². The monoisotopic (exact) mass is 337 g/mol. The fraction of sp³-hybridized carbons (Fsp3) is 0.188. The molecular formula is C16H13Cl2NO3. The minimum Gasteiger partial charge on any atom is -0.493 e. The first-order valence-corrected chi connectivity index (χ1v) is 7.18. The van der Waals surface area contributed by atoms with Crippen LogP contribution in [0.2, 0.25) is 10.0 Å². The minimum absolute atomic E-state index is 0.307. The summed E-state index contributed by atoms with van der Waals surface area (Å²) in [6, 6.07) is 12.0. The van der Waals surface area contributed by atoms with Gasteiger partial charge in [-0.15, -0.1) is 0 Å². The average Bonchev–Trinajstić information content (AvgIpc) is 2.53. The highest BCUT2D eigenvalue weighted by Gasteiger charge is 2.06. The highest BCUT2D eigenvalue weighted by Crippen LogP contribution is 2.29. The molecule has 0 aliphatic rings. The topological polar surface area (TPSA) is 51.5 Å². The molecule has 22 heavy (non-hydrogen) atoms. The first-order chi connectivity index (χ1) is 10.6. The quantitative estimate of drug-likeness (QED) is 0.736. The van der Waals surface area contributed by atoms with Crippen molar-refractivity contribution in [3.63, 3.8) is 0 Å². The number of halogens is 2. The molecular weight excluding hydrogens is 325 g/mol. The molecule has 0 saturated heterocycles. The van der Waals surface area contributed by atoms with E-state index in [0.717, 1.165) is 0 Å². The number of rotatable bonds is 6. The lowest BCUT2D eigenvalue weighted by molar-refractivity contribution is 0.211. The summed E-state index contributed by atoms with van der Waals surface area (Å²) in [5.74, 6) is 1.59. The summed E-state index contributed by atoms with van der Waals surface area (Å²) in [5.41, 5.74) is 0.508. The molecule has 0 fully saturated rings. The van der Waals surface area contributed by atoms with Crippen LogP contribution >= 0.6 is 23.2 Å². The van der Waals surface area contributed by atoms with E-state index in [4.69, 9.17) is 42.7 Å². The Balaban J connectivity index is 1.90. The Labute approximate surface area is 138 Å². The zero-order chi connectivity index (χ0) is 15.9. The lowest BCUT2D eigenvalue weighted by Crippen LogP contribution is -2.09. The Bertz CT molecular complexity index is 698. The van der Waals surface area contributed by atoms with Crippen molar-refractivity contribution in [2.24, 2.45) is 0 Å². The molecule has 0 amide bonds. The Morgan fingerprint density at radius 1 is 0.955 bits per heavy atom.